The number of carbonyl (C=O) groups excluding carboxylic acids is 1. The predicted octanol–water partition coefficient (Wildman–Crippen LogP) is 3.28. The average Bonchev–Trinajstić information content (AvgIpc) is 3.04. The van der Waals surface area contributed by atoms with E-state index in [-0.39, 0.29) is 12.3 Å². The Labute approximate surface area is 177 Å². The molecule has 3 rings (SSSR count). The standard InChI is InChI=1S/C21H28N2O4S2/c1-15-6-5-7-19(17(15)3)27-13-8-21(24)22-9-11-23(12-10-22)29(25,26)20-14-16(2)28-18(20)4/h5-7,14H,8-13H2,1-4H3. The summed E-state index contributed by atoms with van der Waals surface area (Å²) < 4.78 is 33.0. The van der Waals surface area contributed by atoms with E-state index in [1.54, 1.807) is 11.0 Å². The second-order valence-electron chi connectivity index (χ2n) is 7.36. The molecule has 0 atom stereocenters. The van der Waals surface area contributed by atoms with E-state index in [4.69, 9.17) is 4.74 Å². The van der Waals surface area contributed by atoms with Gasteiger partial charge < -0.3 is 9.64 Å². The first-order chi connectivity index (χ1) is 13.7. The highest BCUT2D eigenvalue weighted by molar-refractivity contribution is 7.89. The van der Waals surface area contributed by atoms with Gasteiger partial charge in [-0.25, -0.2) is 8.42 Å². The van der Waals surface area contributed by atoms with Gasteiger partial charge in [0.1, 0.15) is 5.75 Å². The maximum atomic E-state index is 12.9. The number of rotatable bonds is 6. The summed E-state index contributed by atoms with van der Waals surface area (Å²) in [5.41, 5.74) is 2.24. The summed E-state index contributed by atoms with van der Waals surface area (Å²) in [7, 11) is -3.50. The molecule has 0 bridgehead atoms. The van der Waals surface area contributed by atoms with Crippen molar-refractivity contribution < 1.29 is 17.9 Å². The van der Waals surface area contributed by atoms with Crippen LogP contribution >= 0.6 is 11.3 Å². The molecule has 1 aliphatic heterocycles. The zero-order valence-corrected chi connectivity index (χ0v) is 19.0. The summed E-state index contributed by atoms with van der Waals surface area (Å²) in [6.45, 7) is 9.54. The summed E-state index contributed by atoms with van der Waals surface area (Å²) in [6, 6.07) is 7.61. The van der Waals surface area contributed by atoms with Gasteiger partial charge in [-0.1, -0.05) is 12.1 Å². The number of carbonyl (C=O) groups is 1. The van der Waals surface area contributed by atoms with Crippen LogP contribution < -0.4 is 4.74 Å². The Morgan fingerprint density at radius 1 is 1.10 bits per heavy atom. The lowest BCUT2D eigenvalue weighted by Crippen LogP contribution is -2.50. The van der Waals surface area contributed by atoms with Gasteiger partial charge in [0.25, 0.3) is 0 Å². The van der Waals surface area contributed by atoms with Crippen LogP contribution in [0.15, 0.2) is 29.2 Å². The monoisotopic (exact) mass is 436 g/mol. The molecule has 0 N–H and O–H groups in total. The number of aryl methyl sites for hydroxylation is 3. The van der Waals surface area contributed by atoms with Crippen LogP contribution in [0.3, 0.4) is 0 Å². The van der Waals surface area contributed by atoms with Crippen molar-refractivity contribution in [2.45, 2.75) is 39.0 Å². The van der Waals surface area contributed by atoms with Gasteiger partial charge in [-0.2, -0.15) is 4.31 Å². The first-order valence-corrected chi connectivity index (χ1v) is 12.0. The minimum absolute atomic E-state index is 0.00471. The van der Waals surface area contributed by atoms with E-state index < -0.39 is 10.0 Å². The topological polar surface area (TPSA) is 66.9 Å². The van der Waals surface area contributed by atoms with E-state index in [0.717, 1.165) is 26.6 Å². The average molecular weight is 437 g/mol. The molecule has 8 heteroatoms. The van der Waals surface area contributed by atoms with Crippen molar-refractivity contribution in [3.05, 3.63) is 45.1 Å². The lowest BCUT2D eigenvalue weighted by molar-refractivity contribution is -0.132. The van der Waals surface area contributed by atoms with E-state index in [1.165, 1.54) is 15.6 Å². The molecule has 1 amide bonds. The van der Waals surface area contributed by atoms with Gasteiger partial charge >= 0.3 is 0 Å². The smallest absolute Gasteiger partial charge is 0.244 e. The van der Waals surface area contributed by atoms with E-state index in [1.807, 2.05) is 45.9 Å². The number of hydrogen-bond donors (Lipinski definition) is 0. The van der Waals surface area contributed by atoms with Crippen molar-refractivity contribution in [3.8, 4) is 5.75 Å². The molecule has 158 valence electrons. The molecule has 2 aromatic rings. The van der Waals surface area contributed by atoms with Crippen molar-refractivity contribution >= 4 is 27.3 Å². The van der Waals surface area contributed by atoms with Gasteiger partial charge in [-0.05, 0) is 51.0 Å². The van der Waals surface area contributed by atoms with E-state index in [0.29, 0.717) is 37.7 Å². The second kappa shape index (κ2) is 8.85. The van der Waals surface area contributed by atoms with Gasteiger partial charge in [0.15, 0.2) is 0 Å². The minimum atomic E-state index is -3.50. The number of hydrogen-bond acceptors (Lipinski definition) is 5. The van der Waals surface area contributed by atoms with Crippen LogP contribution in [0.5, 0.6) is 5.75 Å². The molecular weight excluding hydrogens is 408 g/mol. The SMILES string of the molecule is Cc1cc(S(=O)(=O)N2CCN(C(=O)CCOc3cccc(C)c3C)CC2)c(C)s1. The van der Waals surface area contributed by atoms with E-state index >= 15 is 0 Å². The molecule has 6 nitrogen and oxygen atoms in total. The minimum Gasteiger partial charge on any atom is -0.493 e. The fourth-order valence-electron chi connectivity index (χ4n) is 3.47. The largest absolute Gasteiger partial charge is 0.493 e. The van der Waals surface area contributed by atoms with Crippen LogP contribution in [-0.4, -0.2) is 56.3 Å². The first kappa shape index (κ1) is 21.8. The first-order valence-electron chi connectivity index (χ1n) is 9.74. The highest BCUT2D eigenvalue weighted by Crippen LogP contribution is 2.28. The number of nitrogens with zero attached hydrogens (tertiary/aromatic N) is 2. The van der Waals surface area contributed by atoms with Crippen LogP contribution in [0, 0.1) is 27.7 Å². The molecule has 1 aromatic carbocycles. The third kappa shape index (κ3) is 4.82. The van der Waals surface area contributed by atoms with Crippen molar-refractivity contribution in [2.24, 2.45) is 0 Å². The zero-order chi connectivity index (χ0) is 21.2. The Morgan fingerprint density at radius 3 is 2.41 bits per heavy atom. The van der Waals surface area contributed by atoms with Crippen molar-refractivity contribution in [3.63, 3.8) is 0 Å². The lowest BCUT2D eigenvalue weighted by Gasteiger charge is -2.34. The zero-order valence-electron chi connectivity index (χ0n) is 17.4. The summed E-state index contributed by atoms with van der Waals surface area (Å²) in [6.07, 6.45) is 0.281. The summed E-state index contributed by atoms with van der Waals surface area (Å²) in [4.78, 5) is 16.4. The Bertz CT molecular complexity index is 990. The second-order valence-corrected chi connectivity index (χ2v) is 10.7. The quantitative estimate of drug-likeness (QED) is 0.697. The summed E-state index contributed by atoms with van der Waals surface area (Å²) >= 11 is 1.49. The number of amides is 1. The molecule has 1 fully saturated rings. The van der Waals surface area contributed by atoms with Crippen molar-refractivity contribution in [1.29, 1.82) is 0 Å². The third-order valence-corrected chi connectivity index (χ3v) is 8.45. The highest BCUT2D eigenvalue weighted by Gasteiger charge is 2.31. The maximum Gasteiger partial charge on any atom is 0.244 e. The molecule has 29 heavy (non-hydrogen) atoms. The molecule has 1 saturated heterocycles. The predicted molar refractivity (Wildman–Crippen MR) is 115 cm³/mol. The van der Waals surface area contributed by atoms with Crippen LogP contribution in [0.1, 0.15) is 27.3 Å². The van der Waals surface area contributed by atoms with E-state index in [2.05, 4.69) is 0 Å². The van der Waals surface area contributed by atoms with Crippen LogP contribution in [-0.2, 0) is 14.8 Å². The Balaban J connectivity index is 1.52. The van der Waals surface area contributed by atoms with Crippen LogP contribution in [0.2, 0.25) is 0 Å². The Morgan fingerprint density at radius 2 is 1.79 bits per heavy atom. The molecule has 0 saturated carbocycles. The maximum absolute atomic E-state index is 12.9. The van der Waals surface area contributed by atoms with Gasteiger partial charge in [0.2, 0.25) is 15.9 Å². The van der Waals surface area contributed by atoms with Gasteiger partial charge in [0, 0.05) is 35.9 Å². The van der Waals surface area contributed by atoms with Crippen molar-refractivity contribution in [1.82, 2.24) is 9.21 Å². The lowest BCUT2D eigenvalue weighted by atomic mass is 10.1. The fraction of sp³-hybridized carbons (Fsp3) is 0.476. The van der Waals surface area contributed by atoms with Gasteiger partial charge in [-0.15, -0.1) is 11.3 Å². The fourth-order valence-corrected chi connectivity index (χ4v) is 6.41. The summed E-state index contributed by atoms with van der Waals surface area (Å²) in [5.74, 6) is 0.796. The van der Waals surface area contributed by atoms with Crippen molar-refractivity contribution in [2.75, 3.05) is 32.8 Å². The Kier molecular flexibility index (Phi) is 6.65. The highest BCUT2D eigenvalue weighted by atomic mass is 32.2. The normalized spacial score (nSPS) is 15.5. The summed E-state index contributed by atoms with van der Waals surface area (Å²) in [5, 5.41) is 0. The molecule has 2 heterocycles. The van der Waals surface area contributed by atoms with Gasteiger partial charge in [-0.3, -0.25) is 4.79 Å². The number of ether oxygens (including phenoxy) is 1. The number of benzene rings is 1. The molecule has 0 spiro atoms. The molecule has 0 radical (unpaired) electrons. The number of piperazine rings is 1. The molecule has 1 aliphatic rings. The van der Waals surface area contributed by atoms with Crippen LogP contribution in [0.25, 0.3) is 0 Å². The van der Waals surface area contributed by atoms with E-state index in [9.17, 15) is 13.2 Å². The molecule has 0 aliphatic carbocycles. The molecule has 1 aromatic heterocycles. The molecule has 0 unspecified atom stereocenters. The molecular formula is C21H28N2O4S2. The Hall–Kier alpha value is -1.90. The van der Waals surface area contributed by atoms with Gasteiger partial charge in [0.05, 0.1) is 17.9 Å². The van der Waals surface area contributed by atoms with Crippen LogP contribution in [0.4, 0.5) is 0 Å². The number of thiophene rings is 1. The third-order valence-electron chi connectivity index (χ3n) is 5.33. The number of sulfonamides is 1.